The molecule has 0 saturated carbocycles. The zero-order valence-electron chi connectivity index (χ0n) is 23.4. The molecule has 1 heterocycles. The van der Waals surface area contributed by atoms with Crippen LogP contribution in [-0.4, -0.2) is 4.57 Å². The molecule has 0 atom stereocenters. The van der Waals surface area contributed by atoms with Crippen LogP contribution in [0.15, 0.2) is 83.9 Å². The number of benzene rings is 3. The zero-order valence-corrected chi connectivity index (χ0v) is 23.4. The van der Waals surface area contributed by atoms with E-state index in [1.165, 1.54) is 12.5 Å². The molecular formula is C34H35F4NO2. The van der Waals surface area contributed by atoms with Gasteiger partial charge in [-0.2, -0.15) is 0 Å². The summed E-state index contributed by atoms with van der Waals surface area (Å²) in [6.45, 7) is 4.15. The van der Waals surface area contributed by atoms with Crippen molar-refractivity contribution in [3.05, 3.63) is 106 Å². The molecule has 0 amide bonds. The number of hydrogen-bond donors (Lipinski definition) is 0. The number of aromatic nitrogens is 1. The quantitative estimate of drug-likeness (QED) is 0.126. The van der Waals surface area contributed by atoms with Crippen molar-refractivity contribution in [2.45, 2.75) is 71.5 Å². The van der Waals surface area contributed by atoms with E-state index in [-0.39, 0.29) is 32.6 Å². The van der Waals surface area contributed by atoms with Crippen LogP contribution >= 0.6 is 0 Å². The van der Waals surface area contributed by atoms with Crippen LogP contribution in [0.2, 0.25) is 0 Å². The van der Waals surface area contributed by atoms with Crippen LogP contribution in [0.3, 0.4) is 0 Å². The molecule has 4 aromatic rings. The number of rotatable bonds is 12. The van der Waals surface area contributed by atoms with Crippen molar-refractivity contribution in [1.29, 1.82) is 0 Å². The van der Waals surface area contributed by atoms with Crippen LogP contribution in [0.1, 0.15) is 63.5 Å². The van der Waals surface area contributed by atoms with Gasteiger partial charge in [0.1, 0.15) is 17.3 Å². The fourth-order valence-electron chi connectivity index (χ4n) is 4.92. The smallest absolute Gasteiger partial charge is 0.457 e. The Morgan fingerprint density at radius 1 is 0.756 bits per heavy atom. The Morgan fingerprint density at radius 2 is 1.49 bits per heavy atom. The van der Waals surface area contributed by atoms with E-state index in [1.54, 1.807) is 36.4 Å². The Balaban J connectivity index is 1.75. The number of hydrogen-bond acceptors (Lipinski definition) is 2. The van der Waals surface area contributed by atoms with Gasteiger partial charge in [0.15, 0.2) is 5.43 Å². The van der Waals surface area contributed by atoms with Gasteiger partial charge in [-0.25, -0.2) is 4.39 Å². The minimum absolute atomic E-state index is 0.0475. The van der Waals surface area contributed by atoms with Gasteiger partial charge in [0.05, 0.1) is 5.56 Å². The summed E-state index contributed by atoms with van der Waals surface area (Å²) in [7, 11) is 0. The average Bonchev–Trinajstić information content (AvgIpc) is 2.94. The molecule has 0 bridgehead atoms. The Kier molecular flexibility index (Phi) is 10.0. The lowest BCUT2D eigenvalue weighted by Crippen LogP contribution is -2.21. The third-order valence-electron chi connectivity index (χ3n) is 7.12. The summed E-state index contributed by atoms with van der Waals surface area (Å²) in [4.78, 5) is 13.8. The maximum atomic E-state index is 14.7. The lowest BCUT2D eigenvalue weighted by atomic mass is 9.97. The predicted molar refractivity (Wildman–Crippen MR) is 156 cm³/mol. The highest BCUT2D eigenvalue weighted by molar-refractivity contribution is 5.76. The summed E-state index contributed by atoms with van der Waals surface area (Å²) in [5.74, 6) is 0.159. The molecule has 7 heteroatoms. The van der Waals surface area contributed by atoms with Crippen LogP contribution in [0, 0.1) is 5.82 Å². The molecule has 4 rings (SSSR count). The lowest BCUT2D eigenvalue weighted by molar-refractivity contribution is -0.204. The number of ether oxygens (including phenoxy) is 1. The second kappa shape index (κ2) is 13.7. The Bertz CT molecular complexity index is 1520. The van der Waals surface area contributed by atoms with Gasteiger partial charge in [-0.05, 0) is 66.3 Å². The molecule has 3 nitrogen and oxygen atoms in total. The van der Waals surface area contributed by atoms with E-state index in [9.17, 15) is 22.4 Å². The van der Waals surface area contributed by atoms with E-state index in [4.69, 9.17) is 4.74 Å². The SMILES string of the molecule is CCCCCCCCc1cc(F)cc(-c2cn(C(F)(F)F)cc(-c3ccccc3Oc3cccc(CC)c3)c2=O)c1. The van der Waals surface area contributed by atoms with Crippen LogP contribution < -0.4 is 10.2 Å². The predicted octanol–water partition coefficient (Wildman–Crippen LogP) is 10.1. The van der Waals surface area contributed by atoms with E-state index in [0.29, 0.717) is 17.7 Å². The average molecular weight is 566 g/mol. The van der Waals surface area contributed by atoms with Crippen molar-refractivity contribution in [2.24, 2.45) is 0 Å². The topological polar surface area (TPSA) is 31.2 Å². The molecule has 0 aliphatic heterocycles. The molecule has 0 N–H and O–H groups in total. The van der Waals surface area contributed by atoms with E-state index in [1.807, 2.05) is 25.1 Å². The monoisotopic (exact) mass is 565 g/mol. The molecule has 0 radical (unpaired) electrons. The van der Waals surface area contributed by atoms with Crippen molar-refractivity contribution in [3.63, 3.8) is 0 Å². The minimum Gasteiger partial charge on any atom is -0.457 e. The third-order valence-corrected chi connectivity index (χ3v) is 7.12. The Labute approximate surface area is 238 Å². The van der Waals surface area contributed by atoms with Crippen molar-refractivity contribution in [3.8, 4) is 33.8 Å². The highest BCUT2D eigenvalue weighted by Crippen LogP contribution is 2.35. The van der Waals surface area contributed by atoms with Gasteiger partial charge in [0.25, 0.3) is 0 Å². The summed E-state index contributed by atoms with van der Waals surface area (Å²) in [5, 5.41) is 0. The van der Waals surface area contributed by atoms with Gasteiger partial charge >= 0.3 is 6.30 Å². The van der Waals surface area contributed by atoms with Gasteiger partial charge in [-0.1, -0.05) is 82.3 Å². The second-order valence-electron chi connectivity index (χ2n) is 10.3. The van der Waals surface area contributed by atoms with Crippen molar-refractivity contribution in [2.75, 3.05) is 0 Å². The number of pyridine rings is 1. The lowest BCUT2D eigenvalue weighted by Gasteiger charge is -2.17. The first kappa shape index (κ1) is 30.1. The van der Waals surface area contributed by atoms with E-state index in [2.05, 4.69) is 6.92 Å². The minimum atomic E-state index is -4.79. The Morgan fingerprint density at radius 3 is 2.24 bits per heavy atom. The molecule has 0 aliphatic carbocycles. The summed E-state index contributed by atoms with van der Waals surface area (Å²) in [6.07, 6.45) is 4.44. The van der Waals surface area contributed by atoms with Gasteiger partial charge in [0.2, 0.25) is 0 Å². The van der Waals surface area contributed by atoms with Gasteiger partial charge < -0.3 is 4.74 Å². The van der Waals surface area contributed by atoms with Gasteiger partial charge in [-0.3, -0.25) is 9.36 Å². The maximum Gasteiger partial charge on any atom is 0.488 e. The number of alkyl halides is 3. The molecule has 0 unspecified atom stereocenters. The third kappa shape index (κ3) is 7.87. The second-order valence-corrected chi connectivity index (χ2v) is 10.3. The van der Waals surface area contributed by atoms with Crippen molar-refractivity contribution < 1.29 is 22.3 Å². The van der Waals surface area contributed by atoms with Crippen molar-refractivity contribution >= 4 is 0 Å². The maximum absolute atomic E-state index is 14.7. The molecule has 0 aliphatic rings. The fourth-order valence-corrected chi connectivity index (χ4v) is 4.92. The van der Waals surface area contributed by atoms with Crippen molar-refractivity contribution in [1.82, 2.24) is 4.57 Å². The number of halogens is 4. The molecule has 3 aromatic carbocycles. The highest BCUT2D eigenvalue weighted by atomic mass is 19.4. The van der Waals surface area contributed by atoms with E-state index in [0.717, 1.165) is 62.5 Å². The summed E-state index contributed by atoms with van der Waals surface area (Å²) < 4.78 is 63.0. The molecule has 41 heavy (non-hydrogen) atoms. The van der Waals surface area contributed by atoms with Gasteiger partial charge in [-0.15, -0.1) is 13.2 Å². The molecule has 0 saturated heterocycles. The largest absolute Gasteiger partial charge is 0.488 e. The standard InChI is InChI=1S/C34H35F4NO2/c1-3-5-6-7-8-9-13-25-18-26(21-27(35)19-25)30-22-39(34(36,37)38)23-31(33(30)40)29-16-10-11-17-32(29)41-28-15-12-14-24(4-2)20-28/h10-12,14-23H,3-9,13H2,1-2H3. The van der Waals surface area contributed by atoms with Crippen LogP contribution in [0.5, 0.6) is 11.5 Å². The first-order chi connectivity index (χ1) is 19.7. The molecule has 0 fully saturated rings. The highest BCUT2D eigenvalue weighted by Gasteiger charge is 2.31. The summed E-state index contributed by atoms with van der Waals surface area (Å²) >= 11 is 0. The summed E-state index contributed by atoms with van der Waals surface area (Å²) in [5.41, 5.74) is 0.950. The van der Waals surface area contributed by atoms with Crippen LogP contribution in [0.25, 0.3) is 22.3 Å². The molecular weight excluding hydrogens is 530 g/mol. The molecule has 1 aromatic heterocycles. The number of para-hydroxylation sites is 1. The number of aryl methyl sites for hydroxylation is 2. The van der Waals surface area contributed by atoms with Crippen LogP contribution in [0.4, 0.5) is 17.6 Å². The number of nitrogens with zero attached hydrogens (tertiary/aromatic N) is 1. The molecule has 216 valence electrons. The number of unbranched alkanes of at least 4 members (excludes halogenated alkanes) is 5. The Hall–Kier alpha value is -3.87. The van der Waals surface area contributed by atoms with Crippen LogP contribution in [-0.2, 0) is 19.1 Å². The van der Waals surface area contributed by atoms with E-state index >= 15 is 0 Å². The first-order valence-electron chi connectivity index (χ1n) is 14.2. The van der Waals surface area contributed by atoms with Gasteiger partial charge in [0, 0.05) is 23.5 Å². The first-order valence-corrected chi connectivity index (χ1v) is 14.2. The van der Waals surface area contributed by atoms with E-state index < -0.39 is 17.5 Å². The summed E-state index contributed by atoms with van der Waals surface area (Å²) in [6, 6.07) is 18.0. The normalized spacial score (nSPS) is 11.6. The molecule has 0 spiro atoms. The fraction of sp³-hybridized carbons (Fsp3) is 0.324. The zero-order chi connectivity index (χ0) is 29.4.